The van der Waals surface area contributed by atoms with E-state index in [4.69, 9.17) is 15.0 Å². The van der Waals surface area contributed by atoms with Gasteiger partial charge in [0.1, 0.15) is 0 Å². The molecule has 0 aliphatic carbocycles. The highest BCUT2D eigenvalue weighted by molar-refractivity contribution is 7.46. The van der Waals surface area contributed by atoms with Gasteiger partial charge < -0.3 is 9.79 Å². The highest BCUT2D eigenvalue weighted by atomic mass is 31.2. The van der Waals surface area contributed by atoms with Crippen LogP contribution in [0.5, 0.6) is 0 Å². The zero-order valence-corrected chi connectivity index (χ0v) is 6.71. The molecule has 0 aromatic heterocycles. The number of rotatable bonds is 2. The van der Waals surface area contributed by atoms with E-state index in [2.05, 4.69) is 4.52 Å². The summed E-state index contributed by atoms with van der Waals surface area (Å²) < 4.78 is 13.6. The molecule has 6 heteroatoms. The van der Waals surface area contributed by atoms with Gasteiger partial charge in [-0.2, -0.15) is 5.26 Å². The monoisotopic (exact) mass is 167 g/mol. The topological polar surface area (TPSA) is 90.5 Å². The molecule has 0 heterocycles. The SMILES string of the molecule is CC#N.CCOP(=O)(O)O. The number of hydrogen-bond donors (Lipinski definition) is 2. The van der Waals surface area contributed by atoms with Crippen LogP contribution in [0.1, 0.15) is 13.8 Å². The van der Waals surface area contributed by atoms with Crippen LogP contribution in [-0.4, -0.2) is 16.4 Å². The maximum Gasteiger partial charge on any atom is 0.469 e. The summed E-state index contributed by atoms with van der Waals surface area (Å²) in [4.78, 5) is 15.8. The van der Waals surface area contributed by atoms with Crippen molar-refractivity contribution in [1.82, 2.24) is 0 Å². The fraction of sp³-hybridized carbons (Fsp3) is 0.750. The van der Waals surface area contributed by atoms with Crippen LogP contribution >= 0.6 is 7.82 Å². The first kappa shape index (κ1) is 12.3. The Balaban J connectivity index is 0. The first-order valence-corrected chi connectivity index (χ1v) is 4.01. The summed E-state index contributed by atoms with van der Waals surface area (Å²) in [5.41, 5.74) is 0. The van der Waals surface area contributed by atoms with Crippen molar-refractivity contribution in [2.45, 2.75) is 13.8 Å². The fourth-order valence-corrected chi connectivity index (χ4v) is 0.505. The summed E-state index contributed by atoms with van der Waals surface area (Å²) in [6, 6.07) is 1.75. The molecule has 0 bridgehead atoms. The molecule has 0 radical (unpaired) electrons. The molecule has 0 rings (SSSR count). The van der Waals surface area contributed by atoms with E-state index in [1.54, 1.807) is 6.07 Å². The number of nitriles is 1. The average molecular weight is 167 g/mol. The van der Waals surface area contributed by atoms with Gasteiger partial charge in [0.15, 0.2) is 0 Å². The predicted octanol–water partition coefficient (Wildman–Crippen LogP) is 0.645. The van der Waals surface area contributed by atoms with Crippen molar-refractivity contribution in [2.75, 3.05) is 6.61 Å². The number of phosphoric acid groups is 1. The van der Waals surface area contributed by atoms with E-state index in [-0.39, 0.29) is 6.61 Å². The Labute approximate surface area is 59.5 Å². The van der Waals surface area contributed by atoms with E-state index < -0.39 is 7.82 Å². The second-order valence-electron chi connectivity index (χ2n) is 1.13. The van der Waals surface area contributed by atoms with Gasteiger partial charge in [-0.1, -0.05) is 0 Å². The number of phosphoric ester groups is 1. The Morgan fingerprint density at radius 2 is 2.00 bits per heavy atom. The third-order valence-electron chi connectivity index (χ3n) is 0.297. The van der Waals surface area contributed by atoms with E-state index in [9.17, 15) is 4.57 Å². The molecule has 0 atom stereocenters. The van der Waals surface area contributed by atoms with Gasteiger partial charge >= 0.3 is 7.82 Å². The van der Waals surface area contributed by atoms with Gasteiger partial charge in [-0.3, -0.25) is 4.52 Å². The van der Waals surface area contributed by atoms with Crippen molar-refractivity contribution < 1.29 is 18.9 Å². The van der Waals surface area contributed by atoms with Crippen molar-refractivity contribution in [3.8, 4) is 6.07 Å². The molecule has 0 saturated carbocycles. The van der Waals surface area contributed by atoms with Gasteiger partial charge in [0.25, 0.3) is 0 Å². The smallest absolute Gasteiger partial charge is 0.303 e. The maximum absolute atomic E-state index is 9.70. The van der Waals surface area contributed by atoms with E-state index in [1.807, 2.05) is 0 Å². The Hall–Kier alpha value is -0.400. The van der Waals surface area contributed by atoms with Crippen LogP contribution in [0.15, 0.2) is 0 Å². The first-order chi connectivity index (χ1) is 4.47. The molecular weight excluding hydrogens is 157 g/mol. The van der Waals surface area contributed by atoms with E-state index in [0.29, 0.717) is 0 Å². The lowest BCUT2D eigenvalue weighted by molar-refractivity contribution is 0.206. The summed E-state index contributed by atoms with van der Waals surface area (Å²) in [5.74, 6) is 0. The van der Waals surface area contributed by atoms with Crippen LogP contribution in [0, 0.1) is 11.3 Å². The maximum atomic E-state index is 9.70. The van der Waals surface area contributed by atoms with Crippen LogP contribution < -0.4 is 0 Å². The first-order valence-electron chi connectivity index (χ1n) is 2.48. The fourth-order valence-electron chi connectivity index (χ4n) is 0.168. The molecule has 0 saturated heterocycles. The summed E-state index contributed by atoms with van der Waals surface area (Å²) in [6.07, 6.45) is 0. The molecule has 5 nitrogen and oxygen atoms in total. The van der Waals surface area contributed by atoms with Gasteiger partial charge in [-0.05, 0) is 6.92 Å². The lowest BCUT2D eigenvalue weighted by Crippen LogP contribution is -1.84. The summed E-state index contributed by atoms with van der Waals surface area (Å²) >= 11 is 0. The number of nitrogens with zero attached hydrogens (tertiary/aromatic N) is 1. The van der Waals surface area contributed by atoms with Crippen molar-refractivity contribution in [3.05, 3.63) is 0 Å². The van der Waals surface area contributed by atoms with Gasteiger partial charge in [0, 0.05) is 6.92 Å². The summed E-state index contributed by atoms with van der Waals surface area (Å²) in [5, 5.41) is 7.32. The lowest BCUT2D eigenvalue weighted by Gasteiger charge is -1.98. The summed E-state index contributed by atoms with van der Waals surface area (Å²) in [7, 11) is -4.17. The molecule has 0 amide bonds. The van der Waals surface area contributed by atoms with Crippen molar-refractivity contribution >= 4 is 7.82 Å². The molecule has 0 aliphatic heterocycles. The quantitative estimate of drug-likeness (QED) is 0.589. The molecule has 0 aromatic carbocycles. The molecular formula is C4H10NO4P. The molecule has 0 fully saturated rings. The van der Waals surface area contributed by atoms with Crippen molar-refractivity contribution in [2.24, 2.45) is 0 Å². The zero-order chi connectivity index (χ0) is 8.62. The highest BCUT2D eigenvalue weighted by Crippen LogP contribution is 2.34. The molecule has 0 unspecified atom stereocenters. The lowest BCUT2D eigenvalue weighted by atomic mass is 10.9. The Morgan fingerprint density at radius 3 is 2.00 bits per heavy atom. The minimum atomic E-state index is -4.17. The van der Waals surface area contributed by atoms with Gasteiger partial charge in [-0.15, -0.1) is 0 Å². The van der Waals surface area contributed by atoms with Crippen LogP contribution in [0.4, 0.5) is 0 Å². The van der Waals surface area contributed by atoms with Crippen molar-refractivity contribution in [3.63, 3.8) is 0 Å². The molecule has 0 aliphatic rings. The molecule has 10 heavy (non-hydrogen) atoms. The van der Waals surface area contributed by atoms with Gasteiger partial charge in [-0.25, -0.2) is 4.57 Å². The Bertz CT molecular complexity index is 146. The second-order valence-corrected chi connectivity index (χ2v) is 2.37. The summed E-state index contributed by atoms with van der Waals surface area (Å²) in [6.45, 7) is 2.99. The van der Waals surface area contributed by atoms with Gasteiger partial charge in [0.2, 0.25) is 0 Å². The van der Waals surface area contributed by atoms with Crippen LogP contribution in [0.3, 0.4) is 0 Å². The Kier molecular flexibility index (Phi) is 8.26. The highest BCUT2D eigenvalue weighted by Gasteiger charge is 2.10. The minimum Gasteiger partial charge on any atom is -0.303 e. The molecule has 0 aromatic rings. The normalized spacial score (nSPS) is 9.10. The van der Waals surface area contributed by atoms with Crippen LogP contribution in [-0.2, 0) is 9.09 Å². The van der Waals surface area contributed by atoms with E-state index in [1.165, 1.54) is 13.8 Å². The van der Waals surface area contributed by atoms with E-state index in [0.717, 1.165) is 0 Å². The largest absolute Gasteiger partial charge is 0.469 e. The molecule has 2 N–H and O–H groups in total. The zero-order valence-electron chi connectivity index (χ0n) is 5.81. The van der Waals surface area contributed by atoms with Gasteiger partial charge in [0.05, 0.1) is 12.7 Å². The van der Waals surface area contributed by atoms with Crippen LogP contribution in [0.2, 0.25) is 0 Å². The Morgan fingerprint density at radius 1 is 1.70 bits per heavy atom. The minimum absolute atomic E-state index is 0.0459. The average Bonchev–Trinajstić information content (AvgIpc) is 1.63. The number of hydrogen-bond acceptors (Lipinski definition) is 3. The second kappa shape index (κ2) is 6.72. The van der Waals surface area contributed by atoms with Crippen LogP contribution in [0.25, 0.3) is 0 Å². The third kappa shape index (κ3) is 25.5. The molecule has 60 valence electrons. The van der Waals surface area contributed by atoms with E-state index >= 15 is 0 Å². The van der Waals surface area contributed by atoms with Crippen molar-refractivity contribution in [1.29, 1.82) is 5.26 Å². The third-order valence-corrected chi connectivity index (χ3v) is 0.892. The predicted molar refractivity (Wildman–Crippen MR) is 35.0 cm³/mol. The standard InChI is InChI=1S/C2H3N.C2H7O4P/c1-2-3;1-2-6-7(3,4)5/h1H3;2H2,1H3,(H2,3,4,5). The molecule has 0 spiro atoms.